The van der Waals surface area contributed by atoms with E-state index in [0.29, 0.717) is 49.3 Å². The molecule has 0 saturated carbocycles. The number of aliphatic imine (C=N–C) groups is 1. The van der Waals surface area contributed by atoms with E-state index in [2.05, 4.69) is 32.0 Å². The van der Waals surface area contributed by atoms with E-state index < -0.39 is 0 Å². The quantitative estimate of drug-likeness (QED) is 0.230. The van der Waals surface area contributed by atoms with Gasteiger partial charge in [0.1, 0.15) is 11.6 Å². The lowest BCUT2D eigenvalue weighted by atomic mass is 9.72. The Morgan fingerprint density at radius 3 is 2.66 bits per heavy atom. The van der Waals surface area contributed by atoms with E-state index >= 15 is 0 Å². The van der Waals surface area contributed by atoms with Gasteiger partial charge in [-0.15, -0.1) is 17.8 Å². The molecule has 0 bridgehead atoms. The molecule has 0 fully saturated rings. The number of benzene rings is 2. The molecule has 4 rings (SSSR count). The van der Waals surface area contributed by atoms with Gasteiger partial charge in [0.15, 0.2) is 11.5 Å². The largest absolute Gasteiger partial charge is 0.493 e. The molecule has 1 aromatic heterocycles. The Bertz CT molecular complexity index is 1400. The van der Waals surface area contributed by atoms with Gasteiger partial charge in [0.2, 0.25) is 0 Å². The minimum atomic E-state index is -0.181. The molecular formula is C30H30Cl2N2O3S. The summed E-state index contributed by atoms with van der Waals surface area (Å²) >= 11 is 14.0. The maximum atomic E-state index is 13.6. The number of thiophene rings is 1. The number of nitrogens with zero attached hydrogens (tertiary/aromatic N) is 1. The molecule has 38 heavy (non-hydrogen) atoms. The molecule has 3 aromatic rings. The second-order valence-corrected chi connectivity index (χ2v) is 12.2. The highest BCUT2D eigenvalue weighted by Crippen LogP contribution is 2.45. The van der Waals surface area contributed by atoms with Gasteiger partial charge >= 0.3 is 0 Å². The van der Waals surface area contributed by atoms with Crippen LogP contribution in [-0.2, 0) is 12.8 Å². The molecule has 0 spiro atoms. The van der Waals surface area contributed by atoms with Crippen LogP contribution < -0.4 is 14.8 Å². The van der Waals surface area contributed by atoms with Gasteiger partial charge in [-0.1, -0.05) is 49.9 Å². The molecular weight excluding hydrogens is 539 g/mol. The van der Waals surface area contributed by atoms with Gasteiger partial charge in [0.25, 0.3) is 5.91 Å². The van der Waals surface area contributed by atoms with Crippen LogP contribution in [0.5, 0.6) is 11.5 Å². The monoisotopic (exact) mass is 568 g/mol. The third-order valence-electron chi connectivity index (χ3n) is 6.68. The molecule has 0 radical (unpaired) electrons. The molecule has 0 saturated heterocycles. The van der Waals surface area contributed by atoms with Crippen molar-refractivity contribution in [2.75, 3.05) is 19.0 Å². The molecule has 198 valence electrons. The Hall–Kier alpha value is -2.98. The molecule has 2 aromatic carbocycles. The van der Waals surface area contributed by atoms with Crippen LogP contribution in [-0.4, -0.2) is 25.8 Å². The highest BCUT2D eigenvalue weighted by atomic mass is 35.5. The average molecular weight is 570 g/mol. The van der Waals surface area contributed by atoms with Crippen LogP contribution in [0.4, 0.5) is 10.7 Å². The lowest BCUT2D eigenvalue weighted by Gasteiger charge is -2.33. The third-order valence-corrected chi connectivity index (χ3v) is 8.38. The van der Waals surface area contributed by atoms with Gasteiger partial charge in [-0.3, -0.25) is 4.79 Å². The minimum absolute atomic E-state index is 0.0753. The highest BCUT2D eigenvalue weighted by molar-refractivity contribution is 7.16. The Labute approximate surface area is 238 Å². The summed E-state index contributed by atoms with van der Waals surface area (Å²) in [5.74, 6) is 3.61. The first-order valence-electron chi connectivity index (χ1n) is 12.3. The van der Waals surface area contributed by atoms with Crippen molar-refractivity contribution in [3.63, 3.8) is 0 Å². The summed E-state index contributed by atoms with van der Waals surface area (Å²) in [4.78, 5) is 19.6. The summed E-state index contributed by atoms with van der Waals surface area (Å²) in [5, 5.41) is 4.65. The van der Waals surface area contributed by atoms with E-state index in [9.17, 15) is 4.79 Å². The number of halogens is 2. The number of carbonyl (C=O) groups is 1. The Morgan fingerprint density at radius 1 is 1.26 bits per heavy atom. The lowest BCUT2D eigenvalue weighted by Crippen LogP contribution is -2.27. The zero-order chi connectivity index (χ0) is 27.4. The number of hydrogen-bond acceptors (Lipinski definition) is 5. The van der Waals surface area contributed by atoms with Crippen LogP contribution in [0.2, 0.25) is 10.0 Å². The smallest absolute Gasteiger partial charge is 0.259 e. The van der Waals surface area contributed by atoms with Crippen LogP contribution in [0, 0.1) is 23.7 Å². The molecule has 8 heteroatoms. The number of amides is 1. The third kappa shape index (κ3) is 6.35. The lowest BCUT2D eigenvalue weighted by molar-refractivity contribution is 0.102. The summed E-state index contributed by atoms with van der Waals surface area (Å²) in [6.07, 6.45) is 9.81. The average Bonchev–Trinajstić information content (AvgIpc) is 3.25. The second-order valence-electron chi connectivity index (χ2n) is 10.2. The number of hydrogen-bond donors (Lipinski definition) is 1. The van der Waals surface area contributed by atoms with Crippen molar-refractivity contribution in [3.05, 3.63) is 68.0 Å². The zero-order valence-electron chi connectivity index (χ0n) is 21.9. The van der Waals surface area contributed by atoms with Gasteiger partial charge in [-0.05, 0) is 78.1 Å². The van der Waals surface area contributed by atoms with E-state index in [-0.39, 0.29) is 17.9 Å². The normalized spacial score (nSPS) is 15.1. The van der Waals surface area contributed by atoms with Gasteiger partial charge in [-0.2, -0.15) is 0 Å². The second kappa shape index (κ2) is 11.8. The summed E-state index contributed by atoms with van der Waals surface area (Å²) in [7, 11) is 1.54. The number of rotatable bonds is 7. The molecule has 1 heterocycles. The topological polar surface area (TPSA) is 59.9 Å². The minimum Gasteiger partial charge on any atom is -0.493 e. The van der Waals surface area contributed by atoms with Crippen LogP contribution in [0.3, 0.4) is 0 Å². The van der Waals surface area contributed by atoms with Gasteiger partial charge in [-0.25, -0.2) is 4.99 Å². The van der Waals surface area contributed by atoms with Crippen LogP contribution >= 0.6 is 34.5 Å². The zero-order valence-corrected chi connectivity index (χ0v) is 24.2. The number of nitrogens with one attached hydrogen (secondary N) is 1. The van der Waals surface area contributed by atoms with Crippen molar-refractivity contribution >= 4 is 57.3 Å². The van der Waals surface area contributed by atoms with E-state index in [1.54, 1.807) is 53.9 Å². The molecule has 0 unspecified atom stereocenters. The Kier molecular flexibility index (Phi) is 8.72. The summed E-state index contributed by atoms with van der Waals surface area (Å²) < 4.78 is 11.0. The van der Waals surface area contributed by atoms with Crippen molar-refractivity contribution in [2.45, 2.75) is 40.0 Å². The van der Waals surface area contributed by atoms with E-state index in [4.69, 9.17) is 44.1 Å². The number of anilines is 1. The number of terminal acetylenes is 1. The highest BCUT2D eigenvalue weighted by Gasteiger charge is 2.33. The van der Waals surface area contributed by atoms with Crippen LogP contribution in [0.15, 0.2) is 41.4 Å². The number of fused-ring (bicyclic) bond motifs is 1. The fourth-order valence-electron chi connectivity index (χ4n) is 4.56. The maximum absolute atomic E-state index is 13.6. The van der Waals surface area contributed by atoms with Crippen molar-refractivity contribution in [1.82, 2.24) is 0 Å². The van der Waals surface area contributed by atoms with Crippen LogP contribution in [0.25, 0.3) is 0 Å². The maximum Gasteiger partial charge on any atom is 0.259 e. The SMILES string of the molecule is C#CCOc1c(Cl)cc(C=Nc2sc3c(c2C(=O)Nc2ccc(Cl)cc2)CC[C@@H](C(C)(C)C)C3)cc1OC. The van der Waals surface area contributed by atoms with Crippen molar-refractivity contribution in [3.8, 4) is 23.8 Å². The first-order valence-corrected chi connectivity index (χ1v) is 13.9. The van der Waals surface area contributed by atoms with Gasteiger partial charge < -0.3 is 14.8 Å². The fourth-order valence-corrected chi connectivity index (χ4v) is 6.23. The Balaban J connectivity index is 1.70. The Morgan fingerprint density at radius 2 is 2.00 bits per heavy atom. The predicted octanol–water partition coefficient (Wildman–Crippen LogP) is 8.23. The molecule has 1 atom stereocenters. The molecule has 1 aliphatic rings. The van der Waals surface area contributed by atoms with Gasteiger partial charge in [0.05, 0.1) is 17.7 Å². The molecule has 5 nitrogen and oxygen atoms in total. The van der Waals surface area contributed by atoms with E-state index in [1.807, 2.05) is 0 Å². The number of ether oxygens (including phenoxy) is 2. The standard InChI is InChI=1S/C30H30Cl2N2O3S/c1-6-13-37-27-23(32)14-18(15-24(27)36-5)17-33-29-26(28(35)34-21-10-8-20(31)9-11-21)22-12-7-19(30(2,3)4)16-25(22)38-29/h1,8-11,14-15,17,19H,7,12-13,16H2,2-5H3,(H,34,35)/t19-/m1/s1. The summed E-state index contributed by atoms with van der Waals surface area (Å²) in [6, 6.07) is 10.6. The van der Waals surface area contributed by atoms with Crippen molar-refractivity contribution < 1.29 is 14.3 Å². The fraction of sp³-hybridized carbons (Fsp3) is 0.333. The van der Waals surface area contributed by atoms with Crippen molar-refractivity contribution in [2.24, 2.45) is 16.3 Å². The van der Waals surface area contributed by atoms with E-state index in [1.165, 1.54) is 12.0 Å². The van der Waals surface area contributed by atoms with E-state index in [0.717, 1.165) is 24.8 Å². The first-order chi connectivity index (χ1) is 18.1. The van der Waals surface area contributed by atoms with Gasteiger partial charge in [0, 0.05) is 21.8 Å². The summed E-state index contributed by atoms with van der Waals surface area (Å²) in [6.45, 7) is 6.90. The molecule has 1 aliphatic carbocycles. The first kappa shape index (κ1) is 28.0. The number of methoxy groups -OCH3 is 1. The van der Waals surface area contributed by atoms with Crippen molar-refractivity contribution in [1.29, 1.82) is 0 Å². The molecule has 1 amide bonds. The number of carbonyl (C=O) groups excluding carboxylic acids is 1. The predicted molar refractivity (Wildman–Crippen MR) is 158 cm³/mol. The van der Waals surface area contributed by atoms with Crippen LogP contribution in [0.1, 0.15) is 53.6 Å². The summed E-state index contributed by atoms with van der Waals surface area (Å²) in [5.41, 5.74) is 3.28. The molecule has 0 aliphatic heterocycles. The molecule has 1 N–H and O–H groups in total.